The molecule has 0 unspecified atom stereocenters. The molecule has 3 rings (SSSR count). The van der Waals surface area contributed by atoms with E-state index in [1.165, 1.54) is 12.4 Å². The topological polar surface area (TPSA) is 90.0 Å². The molecule has 2 amide bonds. The number of rotatable bonds is 6. The fourth-order valence-electron chi connectivity index (χ4n) is 3.56. The smallest absolute Gasteiger partial charge is 0.471 e. The van der Waals surface area contributed by atoms with Crippen molar-refractivity contribution >= 4 is 33.6 Å². The Balaban J connectivity index is 1.75. The number of halogens is 7. The highest BCUT2D eigenvalue weighted by molar-refractivity contribution is 7.17. The number of nitrogens with one attached hydrogen (secondary N) is 1. The van der Waals surface area contributed by atoms with Crippen molar-refractivity contribution in [1.29, 1.82) is 0 Å². The second kappa shape index (κ2) is 10.6. The number of likely N-dealkylation sites (tertiary alicyclic amines) is 1. The molecule has 8 nitrogen and oxygen atoms in total. The molecule has 0 bridgehead atoms. The van der Waals surface area contributed by atoms with E-state index in [1.807, 2.05) is 0 Å². The van der Waals surface area contributed by atoms with Crippen LogP contribution in [0.25, 0.3) is 10.2 Å². The first-order chi connectivity index (χ1) is 16.7. The van der Waals surface area contributed by atoms with Crippen molar-refractivity contribution in [2.24, 2.45) is 0 Å². The number of carbonyl (C=O) groups excluding carboxylic acids is 2. The lowest BCUT2D eigenvalue weighted by molar-refractivity contribution is -0.326. The Morgan fingerprint density at radius 1 is 1.22 bits per heavy atom. The molecule has 2 aromatic heterocycles. The van der Waals surface area contributed by atoms with Crippen molar-refractivity contribution < 1.29 is 54.5 Å². The molecule has 2 atom stereocenters. The molecule has 0 aliphatic carbocycles. The number of hydrogen-bond donors (Lipinski definition) is 1. The highest BCUT2D eigenvalue weighted by Gasteiger charge is 2.40. The third-order valence-electron chi connectivity index (χ3n) is 5.23. The lowest BCUT2D eigenvalue weighted by atomic mass is 10.1. The van der Waals surface area contributed by atoms with Crippen LogP contribution < -0.4 is 10.1 Å². The summed E-state index contributed by atoms with van der Waals surface area (Å²) in [4.78, 5) is 29.0. The molecule has 0 radical (unpaired) electrons. The number of carbonyl (C=O) groups is 2. The summed E-state index contributed by atoms with van der Waals surface area (Å²) in [5, 5.41) is 3.55. The predicted molar refractivity (Wildman–Crippen MR) is 112 cm³/mol. The number of ether oxygens (including phenoxy) is 3. The fourth-order valence-corrected chi connectivity index (χ4v) is 4.67. The van der Waals surface area contributed by atoms with E-state index in [1.54, 1.807) is 0 Å². The number of amides is 2. The molecule has 1 N–H and O–H groups in total. The monoisotopic (exact) mass is 547 g/mol. The lowest BCUT2D eigenvalue weighted by Gasteiger charge is -2.34. The molecule has 1 aliphatic rings. The number of alkyl halides is 7. The van der Waals surface area contributed by atoms with Gasteiger partial charge in [-0.05, 0) is 6.92 Å². The summed E-state index contributed by atoms with van der Waals surface area (Å²) >= 11 is 0.691. The van der Waals surface area contributed by atoms with Gasteiger partial charge in [0.05, 0.1) is 34.5 Å². The number of nitrogens with zero attached hydrogens (tertiary/aromatic N) is 2. The average molecular weight is 547 g/mol. The van der Waals surface area contributed by atoms with Crippen molar-refractivity contribution in [1.82, 2.24) is 15.2 Å². The molecule has 36 heavy (non-hydrogen) atoms. The van der Waals surface area contributed by atoms with Crippen molar-refractivity contribution in [3.63, 3.8) is 0 Å². The van der Waals surface area contributed by atoms with Gasteiger partial charge in [-0.2, -0.15) is 13.2 Å². The first-order valence-electron chi connectivity index (χ1n) is 10.4. The van der Waals surface area contributed by atoms with Crippen LogP contribution in [0.5, 0.6) is 5.88 Å². The zero-order chi connectivity index (χ0) is 26.8. The van der Waals surface area contributed by atoms with E-state index in [2.05, 4.69) is 19.8 Å². The molecular formula is C20H20F7N3O5S. The second-order valence-electron chi connectivity index (χ2n) is 7.64. The Kier molecular flexibility index (Phi) is 8.17. The zero-order valence-electron chi connectivity index (χ0n) is 18.8. The Morgan fingerprint density at radius 3 is 2.50 bits per heavy atom. The normalized spacial score (nSPS) is 18.9. The van der Waals surface area contributed by atoms with E-state index in [-0.39, 0.29) is 34.3 Å². The van der Waals surface area contributed by atoms with Gasteiger partial charge in [0.2, 0.25) is 5.88 Å². The van der Waals surface area contributed by atoms with Crippen molar-refractivity contribution in [2.45, 2.75) is 38.2 Å². The Morgan fingerprint density at radius 2 is 1.92 bits per heavy atom. The molecule has 0 saturated carbocycles. The van der Waals surface area contributed by atoms with Crippen LogP contribution in [0.1, 0.15) is 27.9 Å². The Bertz CT molecular complexity index is 1120. The number of pyridine rings is 1. The van der Waals surface area contributed by atoms with Crippen LogP contribution >= 0.6 is 11.3 Å². The maximum absolute atomic E-state index is 14.8. The van der Waals surface area contributed by atoms with Gasteiger partial charge in [0.15, 0.2) is 6.17 Å². The Labute approximate surface area is 203 Å². The first kappa shape index (κ1) is 27.7. The van der Waals surface area contributed by atoms with E-state index in [0.717, 1.165) is 11.8 Å². The van der Waals surface area contributed by atoms with Gasteiger partial charge in [0.25, 0.3) is 5.91 Å². The number of thiophene rings is 1. The van der Waals surface area contributed by atoms with E-state index >= 15 is 0 Å². The molecule has 16 heteroatoms. The zero-order valence-corrected chi connectivity index (χ0v) is 19.6. The van der Waals surface area contributed by atoms with Gasteiger partial charge >= 0.3 is 18.6 Å². The van der Waals surface area contributed by atoms with E-state index in [9.17, 15) is 40.3 Å². The third-order valence-corrected chi connectivity index (χ3v) is 6.22. The van der Waals surface area contributed by atoms with Gasteiger partial charge in [0, 0.05) is 31.0 Å². The van der Waals surface area contributed by atoms with Crippen molar-refractivity contribution in [3.8, 4) is 5.88 Å². The molecule has 1 aliphatic heterocycles. The van der Waals surface area contributed by atoms with Crippen LogP contribution in [0, 0.1) is 6.92 Å². The largest absolute Gasteiger partial charge is 0.522 e. The third kappa shape index (κ3) is 6.27. The van der Waals surface area contributed by atoms with Gasteiger partial charge in [-0.1, -0.05) is 0 Å². The van der Waals surface area contributed by atoms with Crippen LogP contribution in [0.15, 0.2) is 5.38 Å². The van der Waals surface area contributed by atoms with Gasteiger partial charge < -0.3 is 19.7 Å². The average Bonchev–Trinajstić information content (AvgIpc) is 3.19. The minimum Gasteiger partial charge on any atom is -0.471 e. The van der Waals surface area contributed by atoms with E-state index in [0.29, 0.717) is 11.3 Å². The molecule has 2 aromatic rings. The van der Waals surface area contributed by atoms with Crippen LogP contribution in [-0.2, 0) is 15.7 Å². The summed E-state index contributed by atoms with van der Waals surface area (Å²) in [6, 6.07) is 0. The summed E-state index contributed by atoms with van der Waals surface area (Å²) in [5.41, 5.74) is -1.79. The summed E-state index contributed by atoms with van der Waals surface area (Å²) in [7, 11) is 1.30. The first-order valence-corrected chi connectivity index (χ1v) is 11.2. The van der Waals surface area contributed by atoms with E-state index in [4.69, 9.17) is 4.74 Å². The van der Waals surface area contributed by atoms with Crippen LogP contribution in [0.3, 0.4) is 0 Å². The highest BCUT2D eigenvalue weighted by atomic mass is 32.1. The molecule has 1 saturated heterocycles. The molecule has 0 spiro atoms. The molecule has 1 fully saturated rings. The van der Waals surface area contributed by atoms with Crippen molar-refractivity contribution in [3.05, 3.63) is 22.1 Å². The van der Waals surface area contributed by atoms with E-state index < -0.39 is 68.0 Å². The summed E-state index contributed by atoms with van der Waals surface area (Å²) in [5.74, 6) is -1.17. The van der Waals surface area contributed by atoms with Crippen LogP contribution in [0.4, 0.5) is 35.5 Å². The molecule has 200 valence electrons. The summed E-state index contributed by atoms with van der Waals surface area (Å²) in [6.45, 7) is -1.25. The highest BCUT2D eigenvalue weighted by Crippen LogP contribution is 2.43. The van der Waals surface area contributed by atoms with Crippen LogP contribution in [0.2, 0.25) is 0 Å². The number of fused-ring (bicyclic) bond motifs is 1. The van der Waals surface area contributed by atoms with Crippen LogP contribution in [-0.4, -0.2) is 73.9 Å². The summed E-state index contributed by atoms with van der Waals surface area (Å²) < 4.78 is 106. The van der Waals surface area contributed by atoms with Gasteiger partial charge in [-0.25, -0.2) is 14.2 Å². The lowest BCUT2D eigenvalue weighted by Crippen LogP contribution is -2.49. The second-order valence-corrected chi connectivity index (χ2v) is 8.52. The number of hydrogen-bond acceptors (Lipinski definition) is 7. The Hall–Kier alpha value is -2.88. The summed E-state index contributed by atoms with van der Waals surface area (Å²) in [6.07, 6.45) is -14.1. The quantitative estimate of drug-likeness (QED) is 0.425. The molecule has 3 heterocycles. The van der Waals surface area contributed by atoms with Crippen molar-refractivity contribution in [2.75, 3.05) is 33.4 Å². The maximum Gasteiger partial charge on any atom is 0.522 e. The standard InChI is InChI=1S/C20H20F7N3O5S/c1-9-13(19(22,23)24)15-14(10(8-36-15)16(31)28-2)29-17(9)35-12-3-4-30(7-11(12)21)18(32)33-5-6-34-20(25,26)27/h8,11-12H,3-7H2,1-2H3,(H,28,31)/t11-,12+/m0/s1. The number of piperidine rings is 1. The minimum atomic E-state index is -4.89. The maximum atomic E-state index is 14.8. The molecular weight excluding hydrogens is 527 g/mol. The number of aromatic nitrogens is 1. The van der Waals surface area contributed by atoms with Gasteiger partial charge in [-0.3, -0.25) is 9.53 Å². The SMILES string of the molecule is CNC(=O)c1csc2c(C(F)(F)F)c(C)c(O[C@@H]3CCN(C(=O)OCCOC(F)(F)F)C[C@@H]3F)nc12. The molecule has 0 aromatic carbocycles. The minimum absolute atomic E-state index is 0.100. The van der Waals surface area contributed by atoms with Gasteiger partial charge in [-0.15, -0.1) is 24.5 Å². The fraction of sp³-hybridized carbons (Fsp3) is 0.550. The predicted octanol–water partition coefficient (Wildman–Crippen LogP) is 4.45. The van der Waals surface area contributed by atoms with Gasteiger partial charge in [0.1, 0.15) is 12.7 Å².